The zero-order valence-electron chi connectivity index (χ0n) is 15.9. The van der Waals surface area contributed by atoms with Crippen LogP contribution in [-0.4, -0.2) is 30.9 Å². The molecular formula is C21H23N3O3. The van der Waals surface area contributed by atoms with Crippen molar-refractivity contribution in [3.05, 3.63) is 65.4 Å². The first-order chi connectivity index (χ1) is 12.9. The van der Waals surface area contributed by atoms with Crippen LogP contribution in [0.3, 0.4) is 0 Å². The van der Waals surface area contributed by atoms with Crippen LogP contribution >= 0.6 is 0 Å². The molecule has 0 aliphatic carbocycles. The van der Waals surface area contributed by atoms with E-state index in [0.717, 1.165) is 22.3 Å². The van der Waals surface area contributed by atoms with E-state index in [1.165, 1.54) is 4.90 Å². The quantitative estimate of drug-likeness (QED) is 0.723. The third-order valence-electron chi connectivity index (χ3n) is 4.42. The lowest BCUT2D eigenvalue weighted by molar-refractivity contribution is 0.0827. The maximum atomic E-state index is 12.3. The fourth-order valence-electron chi connectivity index (χ4n) is 2.99. The molecule has 1 heterocycles. The minimum Gasteiger partial charge on any atom is -0.459 e. The molecule has 0 saturated carbocycles. The Labute approximate surface area is 158 Å². The van der Waals surface area contributed by atoms with E-state index in [2.05, 4.69) is 10.6 Å². The lowest BCUT2D eigenvalue weighted by Crippen LogP contribution is -2.31. The Morgan fingerprint density at radius 1 is 1.04 bits per heavy atom. The first-order valence-corrected chi connectivity index (χ1v) is 8.74. The van der Waals surface area contributed by atoms with E-state index in [4.69, 9.17) is 4.42 Å². The standard InChI is InChI=1S/C21H23N3O3/c1-13-17-7-5-6-8-18(17)27-19(13)14(2)22-21(26)23-16-11-9-15(10-12-16)20(25)24(3)4/h5-12,14H,1-4H3,(H2,22,23,26). The molecule has 2 N–H and O–H groups in total. The van der Waals surface area contributed by atoms with Gasteiger partial charge in [0.15, 0.2) is 0 Å². The van der Waals surface area contributed by atoms with Gasteiger partial charge in [0.05, 0.1) is 6.04 Å². The smallest absolute Gasteiger partial charge is 0.319 e. The van der Waals surface area contributed by atoms with Gasteiger partial charge >= 0.3 is 6.03 Å². The van der Waals surface area contributed by atoms with Crippen molar-refractivity contribution in [2.45, 2.75) is 19.9 Å². The molecule has 6 nitrogen and oxygen atoms in total. The summed E-state index contributed by atoms with van der Waals surface area (Å²) in [6.07, 6.45) is 0. The van der Waals surface area contributed by atoms with Gasteiger partial charge in [-0.25, -0.2) is 4.79 Å². The summed E-state index contributed by atoms with van der Waals surface area (Å²) in [5.74, 6) is 0.651. The van der Waals surface area contributed by atoms with Crippen LogP contribution < -0.4 is 10.6 Å². The summed E-state index contributed by atoms with van der Waals surface area (Å²) in [4.78, 5) is 25.7. The van der Waals surface area contributed by atoms with Crippen molar-refractivity contribution >= 4 is 28.6 Å². The van der Waals surface area contributed by atoms with Crippen LogP contribution in [0.5, 0.6) is 0 Å². The summed E-state index contributed by atoms with van der Waals surface area (Å²) in [5.41, 5.74) is 3.00. The number of hydrogen-bond donors (Lipinski definition) is 2. The van der Waals surface area contributed by atoms with E-state index in [1.807, 2.05) is 38.1 Å². The molecule has 3 rings (SSSR count). The van der Waals surface area contributed by atoms with Gasteiger partial charge in [-0.3, -0.25) is 4.79 Å². The number of nitrogens with zero attached hydrogens (tertiary/aromatic N) is 1. The van der Waals surface area contributed by atoms with Crippen LogP contribution in [0.4, 0.5) is 10.5 Å². The maximum absolute atomic E-state index is 12.3. The molecule has 1 aromatic heterocycles. The lowest BCUT2D eigenvalue weighted by Gasteiger charge is -2.14. The highest BCUT2D eigenvalue weighted by atomic mass is 16.3. The SMILES string of the molecule is Cc1c(C(C)NC(=O)Nc2ccc(C(=O)N(C)C)cc2)oc2ccccc12. The number of para-hydroxylation sites is 1. The van der Waals surface area contributed by atoms with Gasteiger partial charge in [0.1, 0.15) is 11.3 Å². The van der Waals surface area contributed by atoms with Gasteiger partial charge in [-0.15, -0.1) is 0 Å². The van der Waals surface area contributed by atoms with E-state index >= 15 is 0 Å². The highest BCUT2D eigenvalue weighted by Crippen LogP contribution is 2.29. The Balaban J connectivity index is 1.66. The van der Waals surface area contributed by atoms with Crippen molar-refractivity contribution in [1.29, 1.82) is 0 Å². The molecule has 3 aromatic rings. The van der Waals surface area contributed by atoms with E-state index in [9.17, 15) is 9.59 Å². The number of benzene rings is 2. The topological polar surface area (TPSA) is 74.6 Å². The number of rotatable bonds is 4. The molecule has 0 bridgehead atoms. The van der Waals surface area contributed by atoms with Crippen LogP contribution in [-0.2, 0) is 0 Å². The average molecular weight is 365 g/mol. The summed E-state index contributed by atoms with van der Waals surface area (Å²) < 4.78 is 5.89. The Bertz CT molecular complexity index is 974. The molecule has 3 amide bonds. The number of urea groups is 1. The first-order valence-electron chi connectivity index (χ1n) is 8.74. The van der Waals surface area contributed by atoms with Crippen molar-refractivity contribution in [2.75, 3.05) is 19.4 Å². The molecular weight excluding hydrogens is 342 g/mol. The number of furan rings is 1. The molecule has 27 heavy (non-hydrogen) atoms. The third kappa shape index (κ3) is 3.95. The van der Waals surface area contributed by atoms with Crippen LogP contribution in [0, 0.1) is 6.92 Å². The van der Waals surface area contributed by atoms with Crippen LogP contribution in [0.2, 0.25) is 0 Å². The van der Waals surface area contributed by atoms with Crippen LogP contribution in [0.25, 0.3) is 11.0 Å². The highest BCUT2D eigenvalue weighted by Gasteiger charge is 2.18. The molecule has 6 heteroatoms. The summed E-state index contributed by atoms with van der Waals surface area (Å²) in [6.45, 7) is 3.86. The average Bonchev–Trinajstić information content (AvgIpc) is 2.99. The number of carbonyl (C=O) groups is 2. The molecule has 140 valence electrons. The van der Waals surface area contributed by atoms with Gasteiger partial charge in [-0.2, -0.15) is 0 Å². The number of fused-ring (bicyclic) bond motifs is 1. The van der Waals surface area contributed by atoms with Crippen LogP contribution in [0.15, 0.2) is 52.9 Å². The second-order valence-electron chi connectivity index (χ2n) is 6.68. The van der Waals surface area contributed by atoms with Crippen molar-refractivity contribution < 1.29 is 14.0 Å². The molecule has 0 aliphatic heterocycles. The van der Waals surface area contributed by atoms with Gasteiger partial charge in [0, 0.05) is 36.3 Å². The monoisotopic (exact) mass is 365 g/mol. The minimum absolute atomic E-state index is 0.0833. The Hall–Kier alpha value is -3.28. The number of amides is 3. The maximum Gasteiger partial charge on any atom is 0.319 e. The van der Waals surface area contributed by atoms with Crippen molar-refractivity contribution in [2.24, 2.45) is 0 Å². The van der Waals surface area contributed by atoms with Gasteiger partial charge in [0.25, 0.3) is 5.91 Å². The van der Waals surface area contributed by atoms with Crippen molar-refractivity contribution in [3.63, 3.8) is 0 Å². The summed E-state index contributed by atoms with van der Waals surface area (Å²) in [6, 6.07) is 13.9. The predicted molar refractivity (Wildman–Crippen MR) is 106 cm³/mol. The molecule has 0 fully saturated rings. The van der Waals surface area contributed by atoms with E-state index in [-0.39, 0.29) is 18.0 Å². The number of carbonyl (C=O) groups excluding carboxylic acids is 2. The number of nitrogens with one attached hydrogen (secondary N) is 2. The van der Waals surface area contributed by atoms with Gasteiger partial charge in [-0.05, 0) is 44.2 Å². The van der Waals surface area contributed by atoms with E-state index < -0.39 is 0 Å². The fourth-order valence-corrected chi connectivity index (χ4v) is 2.99. The molecule has 0 spiro atoms. The first kappa shape index (κ1) is 18.5. The molecule has 1 atom stereocenters. The zero-order valence-corrected chi connectivity index (χ0v) is 15.9. The normalized spacial score (nSPS) is 11.9. The predicted octanol–water partition coefficient (Wildman–Crippen LogP) is 4.33. The Morgan fingerprint density at radius 3 is 2.33 bits per heavy atom. The zero-order chi connectivity index (χ0) is 19.6. The highest BCUT2D eigenvalue weighted by molar-refractivity contribution is 5.95. The Morgan fingerprint density at radius 2 is 1.70 bits per heavy atom. The van der Waals surface area contributed by atoms with Crippen molar-refractivity contribution in [1.82, 2.24) is 10.2 Å². The van der Waals surface area contributed by atoms with Crippen LogP contribution in [0.1, 0.15) is 34.6 Å². The Kier molecular flexibility index (Phi) is 5.16. The van der Waals surface area contributed by atoms with E-state index in [1.54, 1.807) is 38.4 Å². The largest absolute Gasteiger partial charge is 0.459 e. The summed E-state index contributed by atoms with van der Waals surface area (Å²) in [7, 11) is 3.40. The third-order valence-corrected chi connectivity index (χ3v) is 4.42. The fraction of sp³-hybridized carbons (Fsp3) is 0.238. The lowest BCUT2D eigenvalue weighted by atomic mass is 10.1. The van der Waals surface area contributed by atoms with Crippen molar-refractivity contribution in [3.8, 4) is 0 Å². The molecule has 1 unspecified atom stereocenters. The van der Waals surface area contributed by atoms with E-state index in [0.29, 0.717) is 11.3 Å². The molecule has 0 aliphatic rings. The van der Waals surface area contributed by atoms with Gasteiger partial charge in [0.2, 0.25) is 0 Å². The number of aryl methyl sites for hydroxylation is 1. The molecule has 0 radical (unpaired) electrons. The van der Waals surface area contributed by atoms with Gasteiger partial charge in [-0.1, -0.05) is 18.2 Å². The summed E-state index contributed by atoms with van der Waals surface area (Å²) >= 11 is 0. The minimum atomic E-state index is -0.339. The second-order valence-corrected chi connectivity index (χ2v) is 6.68. The number of hydrogen-bond acceptors (Lipinski definition) is 3. The second kappa shape index (κ2) is 7.53. The number of anilines is 1. The molecule has 0 saturated heterocycles. The summed E-state index contributed by atoms with van der Waals surface area (Å²) in [5, 5.41) is 6.70. The molecule has 2 aromatic carbocycles. The van der Waals surface area contributed by atoms with Gasteiger partial charge < -0.3 is 20.0 Å².